The molecule has 2 rings (SSSR count). The molecule has 0 amide bonds. The Balaban J connectivity index is 2.12. The van der Waals surface area contributed by atoms with E-state index in [1.165, 1.54) is 12.7 Å². The Morgan fingerprint density at radius 3 is 2.94 bits per heavy atom. The van der Waals surface area contributed by atoms with Gasteiger partial charge in [-0.2, -0.15) is 0 Å². The molecule has 1 aromatic carbocycles. The maximum atomic E-state index is 11.3. The predicted octanol–water partition coefficient (Wildman–Crippen LogP) is 1.66. The minimum atomic E-state index is -0.328. The molecule has 3 nitrogen and oxygen atoms in total. The zero-order valence-corrected chi connectivity index (χ0v) is 10.3. The molecule has 0 spiro atoms. The number of carbonyl (C=O) groups excluding carboxylic acids is 2. The van der Waals surface area contributed by atoms with Crippen LogP contribution in [-0.2, 0) is 27.2 Å². The summed E-state index contributed by atoms with van der Waals surface area (Å²) in [5.41, 5.74) is 3.18. The van der Waals surface area contributed by atoms with Crippen LogP contribution < -0.4 is 0 Å². The smallest absolute Gasteiger partial charge is 0.317 e. The lowest BCUT2D eigenvalue weighted by Crippen LogP contribution is -2.13. The summed E-state index contributed by atoms with van der Waals surface area (Å²) in [5.74, 6) is 5.68. The van der Waals surface area contributed by atoms with Crippen molar-refractivity contribution < 1.29 is 14.3 Å². The number of Topliss-reactive ketones (excluding diaryl/α,β-unsaturated/α-hetero) is 1. The Kier molecular flexibility index (Phi) is 3.78. The average Bonchev–Trinajstić information content (AvgIpc) is 2.38. The summed E-state index contributed by atoms with van der Waals surface area (Å²) in [6, 6.07) is 5.85. The summed E-state index contributed by atoms with van der Waals surface area (Å²) in [7, 11) is 1.35. The number of ketones is 1. The molecule has 0 saturated heterocycles. The highest BCUT2D eigenvalue weighted by atomic mass is 16.5. The van der Waals surface area contributed by atoms with Crippen molar-refractivity contribution in [2.75, 3.05) is 7.11 Å². The van der Waals surface area contributed by atoms with Gasteiger partial charge in [0.05, 0.1) is 7.11 Å². The van der Waals surface area contributed by atoms with Crippen molar-refractivity contribution in [3.63, 3.8) is 0 Å². The minimum Gasteiger partial charge on any atom is -0.468 e. The number of ether oxygens (including phenoxy) is 1. The van der Waals surface area contributed by atoms with Crippen molar-refractivity contribution in [3.8, 4) is 11.8 Å². The van der Waals surface area contributed by atoms with Crippen LogP contribution in [0.15, 0.2) is 18.2 Å². The maximum Gasteiger partial charge on any atom is 0.317 e. The van der Waals surface area contributed by atoms with Crippen LogP contribution >= 0.6 is 0 Å². The highest BCUT2D eigenvalue weighted by Crippen LogP contribution is 2.20. The SMILES string of the molecule is COC(=O)CC#Cc1ccc2c(c1)CCC(=O)C2. The first-order chi connectivity index (χ1) is 8.69. The number of benzene rings is 1. The zero-order valence-electron chi connectivity index (χ0n) is 10.3. The van der Waals surface area contributed by atoms with E-state index >= 15 is 0 Å². The van der Waals surface area contributed by atoms with Gasteiger partial charge >= 0.3 is 5.97 Å². The molecule has 0 saturated carbocycles. The molecule has 92 valence electrons. The van der Waals surface area contributed by atoms with Crippen LogP contribution in [-0.4, -0.2) is 18.9 Å². The first-order valence-electron chi connectivity index (χ1n) is 5.88. The van der Waals surface area contributed by atoms with Crippen LogP contribution in [0.3, 0.4) is 0 Å². The molecular weight excluding hydrogens is 228 g/mol. The molecule has 0 unspecified atom stereocenters. The Bertz CT molecular complexity index is 547. The standard InChI is InChI=1S/C15H14O3/c1-18-15(17)4-2-3-11-5-6-13-10-14(16)8-7-12(13)9-11/h5-6,9H,4,7-8,10H2,1H3. The van der Waals surface area contributed by atoms with Crippen LogP contribution in [0.2, 0.25) is 0 Å². The molecule has 1 aliphatic carbocycles. The molecule has 0 aromatic heterocycles. The van der Waals surface area contributed by atoms with Crippen molar-refractivity contribution in [2.45, 2.75) is 25.7 Å². The van der Waals surface area contributed by atoms with Gasteiger partial charge in [-0.3, -0.25) is 9.59 Å². The Hall–Kier alpha value is -2.08. The van der Waals surface area contributed by atoms with Crippen molar-refractivity contribution in [1.82, 2.24) is 0 Å². The average molecular weight is 242 g/mol. The zero-order chi connectivity index (χ0) is 13.0. The van der Waals surface area contributed by atoms with Gasteiger partial charge in [0, 0.05) is 18.4 Å². The Labute approximate surface area is 106 Å². The maximum absolute atomic E-state index is 11.3. The third-order valence-corrected chi connectivity index (χ3v) is 2.96. The summed E-state index contributed by atoms with van der Waals surface area (Å²) in [6.45, 7) is 0. The van der Waals surface area contributed by atoms with E-state index in [1.54, 1.807) is 0 Å². The fourth-order valence-electron chi connectivity index (χ4n) is 1.97. The summed E-state index contributed by atoms with van der Waals surface area (Å²) < 4.78 is 4.51. The lowest BCUT2D eigenvalue weighted by molar-refractivity contribution is -0.139. The fourth-order valence-corrected chi connectivity index (χ4v) is 1.97. The summed E-state index contributed by atoms with van der Waals surface area (Å²) in [4.78, 5) is 22.2. The number of hydrogen-bond acceptors (Lipinski definition) is 3. The molecule has 0 atom stereocenters. The van der Waals surface area contributed by atoms with Crippen LogP contribution in [0, 0.1) is 11.8 Å². The van der Waals surface area contributed by atoms with E-state index in [9.17, 15) is 9.59 Å². The molecule has 1 aromatic rings. The fraction of sp³-hybridized carbons (Fsp3) is 0.333. The van der Waals surface area contributed by atoms with Gasteiger partial charge in [0.2, 0.25) is 0 Å². The van der Waals surface area contributed by atoms with Gasteiger partial charge in [-0.15, -0.1) is 0 Å². The molecule has 0 radical (unpaired) electrons. The van der Waals surface area contributed by atoms with Gasteiger partial charge in [0.15, 0.2) is 0 Å². The van der Waals surface area contributed by atoms with Crippen LogP contribution in [0.1, 0.15) is 29.5 Å². The second-order valence-electron chi connectivity index (χ2n) is 4.25. The molecule has 3 heteroatoms. The third-order valence-electron chi connectivity index (χ3n) is 2.96. The molecule has 0 heterocycles. The van der Waals surface area contributed by atoms with E-state index in [-0.39, 0.29) is 12.4 Å². The number of hydrogen-bond donors (Lipinski definition) is 0. The number of carbonyl (C=O) groups is 2. The molecule has 1 aliphatic rings. The van der Waals surface area contributed by atoms with Crippen LogP contribution in [0.5, 0.6) is 0 Å². The Morgan fingerprint density at radius 1 is 1.33 bits per heavy atom. The van der Waals surface area contributed by atoms with E-state index < -0.39 is 0 Å². The van der Waals surface area contributed by atoms with Gasteiger partial charge < -0.3 is 4.74 Å². The van der Waals surface area contributed by atoms with Crippen molar-refractivity contribution in [3.05, 3.63) is 34.9 Å². The van der Waals surface area contributed by atoms with Gasteiger partial charge in [-0.1, -0.05) is 17.9 Å². The van der Waals surface area contributed by atoms with E-state index in [0.717, 1.165) is 17.5 Å². The molecule has 0 bridgehead atoms. The quantitative estimate of drug-likeness (QED) is 0.555. The first kappa shape index (κ1) is 12.4. The molecule has 0 aliphatic heterocycles. The first-order valence-corrected chi connectivity index (χ1v) is 5.88. The topological polar surface area (TPSA) is 43.4 Å². The highest BCUT2D eigenvalue weighted by Gasteiger charge is 2.14. The minimum absolute atomic E-state index is 0.103. The number of aryl methyl sites for hydroxylation is 1. The van der Waals surface area contributed by atoms with Crippen LogP contribution in [0.25, 0.3) is 0 Å². The van der Waals surface area contributed by atoms with Crippen molar-refractivity contribution >= 4 is 11.8 Å². The summed E-state index contributed by atoms with van der Waals surface area (Å²) >= 11 is 0. The summed E-state index contributed by atoms with van der Waals surface area (Å²) in [6.07, 6.45) is 2.05. The summed E-state index contributed by atoms with van der Waals surface area (Å²) in [5, 5.41) is 0. The van der Waals surface area contributed by atoms with Gasteiger partial charge in [-0.05, 0) is 29.7 Å². The molecular formula is C15H14O3. The third kappa shape index (κ3) is 2.98. The van der Waals surface area contributed by atoms with E-state index in [2.05, 4.69) is 16.6 Å². The number of esters is 1. The van der Waals surface area contributed by atoms with Crippen LogP contribution in [0.4, 0.5) is 0 Å². The lowest BCUT2D eigenvalue weighted by atomic mass is 9.90. The van der Waals surface area contributed by atoms with E-state index in [4.69, 9.17) is 0 Å². The van der Waals surface area contributed by atoms with Gasteiger partial charge in [0.1, 0.15) is 12.2 Å². The largest absolute Gasteiger partial charge is 0.468 e. The lowest BCUT2D eigenvalue weighted by Gasteiger charge is -2.14. The number of methoxy groups -OCH3 is 1. The normalized spacial score (nSPS) is 13.3. The highest BCUT2D eigenvalue weighted by molar-refractivity contribution is 5.83. The van der Waals surface area contributed by atoms with E-state index in [0.29, 0.717) is 18.6 Å². The van der Waals surface area contributed by atoms with Crippen molar-refractivity contribution in [2.24, 2.45) is 0 Å². The molecule has 0 N–H and O–H groups in total. The molecule has 18 heavy (non-hydrogen) atoms. The Morgan fingerprint density at radius 2 is 2.17 bits per heavy atom. The molecule has 0 fully saturated rings. The number of fused-ring (bicyclic) bond motifs is 1. The van der Waals surface area contributed by atoms with Crippen molar-refractivity contribution in [1.29, 1.82) is 0 Å². The number of rotatable bonds is 1. The monoisotopic (exact) mass is 242 g/mol. The van der Waals surface area contributed by atoms with E-state index in [1.807, 2.05) is 18.2 Å². The second-order valence-corrected chi connectivity index (χ2v) is 4.25. The second kappa shape index (κ2) is 5.50. The van der Waals surface area contributed by atoms with Gasteiger partial charge in [-0.25, -0.2) is 0 Å². The predicted molar refractivity (Wildman–Crippen MR) is 67.0 cm³/mol. The van der Waals surface area contributed by atoms with Gasteiger partial charge in [0.25, 0.3) is 0 Å².